The van der Waals surface area contributed by atoms with Gasteiger partial charge in [-0.1, -0.05) is 12.1 Å². The Morgan fingerprint density at radius 2 is 1.82 bits per heavy atom. The summed E-state index contributed by atoms with van der Waals surface area (Å²) < 4.78 is 8.11. The summed E-state index contributed by atoms with van der Waals surface area (Å²) in [5.41, 5.74) is 9.91. The fourth-order valence-corrected chi connectivity index (χ4v) is 5.74. The molecule has 3 aromatic rings. The average Bonchev–Trinajstić information content (AvgIpc) is 3.31. The molecule has 180 valence electrons. The molecule has 1 amide bonds. The predicted molar refractivity (Wildman–Crippen MR) is 138 cm³/mol. The minimum atomic E-state index is -0.371. The first-order chi connectivity index (χ1) is 16.6. The highest BCUT2D eigenvalue weighted by Crippen LogP contribution is 2.33. The summed E-state index contributed by atoms with van der Waals surface area (Å²) in [6.45, 7) is 5.50. The van der Waals surface area contributed by atoms with E-state index in [-0.39, 0.29) is 5.91 Å². The molecule has 3 heterocycles. The van der Waals surface area contributed by atoms with Crippen LogP contribution in [0, 0.1) is 0 Å². The SMILES string of the molecule is COc1cccc(N2CCCCC2)c1CCN1CCC(n2ccc3ccc(C(N)=O)cc32)CC1. The lowest BCUT2D eigenvalue weighted by molar-refractivity contribution is 0.100. The van der Waals surface area contributed by atoms with Crippen LogP contribution in [0.1, 0.15) is 54.1 Å². The smallest absolute Gasteiger partial charge is 0.248 e. The lowest BCUT2D eigenvalue weighted by atomic mass is 10.0. The molecule has 5 rings (SSSR count). The van der Waals surface area contributed by atoms with Gasteiger partial charge in [0.25, 0.3) is 0 Å². The third-order valence-corrected chi connectivity index (χ3v) is 7.66. The zero-order valence-electron chi connectivity index (χ0n) is 20.2. The lowest BCUT2D eigenvalue weighted by Gasteiger charge is -2.34. The van der Waals surface area contributed by atoms with E-state index in [4.69, 9.17) is 10.5 Å². The van der Waals surface area contributed by atoms with E-state index >= 15 is 0 Å². The third-order valence-electron chi connectivity index (χ3n) is 7.66. The minimum absolute atomic E-state index is 0.371. The van der Waals surface area contributed by atoms with E-state index in [1.54, 1.807) is 7.11 Å². The number of amides is 1. The molecule has 0 radical (unpaired) electrons. The van der Waals surface area contributed by atoms with Gasteiger partial charge in [-0.25, -0.2) is 0 Å². The van der Waals surface area contributed by atoms with Crippen molar-refractivity contribution in [2.75, 3.05) is 44.7 Å². The Bertz CT molecular complexity index is 1140. The van der Waals surface area contributed by atoms with Gasteiger partial charge in [0.1, 0.15) is 5.75 Å². The number of nitrogens with two attached hydrogens (primary N) is 1. The summed E-state index contributed by atoms with van der Waals surface area (Å²) >= 11 is 0. The van der Waals surface area contributed by atoms with E-state index in [2.05, 4.69) is 44.8 Å². The summed E-state index contributed by atoms with van der Waals surface area (Å²) in [4.78, 5) is 16.8. The van der Waals surface area contributed by atoms with Crippen LogP contribution in [-0.4, -0.2) is 55.2 Å². The molecule has 0 atom stereocenters. The Labute approximate surface area is 202 Å². The summed E-state index contributed by atoms with van der Waals surface area (Å²) in [6, 6.07) is 14.8. The number of rotatable bonds is 7. The van der Waals surface area contributed by atoms with Crippen molar-refractivity contribution in [2.45, 2.75) is 44.6 Å². The highest BCUT2D eigenvalue weighted by Gasteiger charge is 2.23. The molecule has 2 N–H and O–H groups in total. The van der Waals surface area contributed by atoms with E-state index < -0.39 is 0 Å². The molecular weight excluding hydrogens is 424 g/mol. The number of fused-ring (bicyclic) bond motifs is 1. The number of piperidine rings is 2. The Morgan fingerprint density at radius 1 is 1.03 bits per heavy atom. The van der Waals surface area contributed by atoms with E-state index in [9.17, 15) is 4.79 Å². The number of aromatic nitrogens is 1. The number of methoxy groups -OCH3 is 1. The van der Waals surface area contributed by atoms with Crippen LogP contribution in [0.4, 0.5) is 5.69 Å². The van der Waals surface area contributed by atoms with Crippen LogP contribution in [0.5, 0.6) is 5.75 Å². The van der Waals surface area contributed by atoms with Gasteiger partial charge in [-0.05, 0) is 74.2 Å². The van der Waals surface area contributed by atoms with Crippen molar-refractivity contribution < 1.29 is 9.53 Å². The summed E-state index contributed by atoms with van der Waals surface area (Å²) in [6.07, 6.45) is 9.28. The van der Waals surface area contributed by atoms with Crippen LogP contribution in [0.15, 0.2) is 48.7 Å². The number of nitrogens with zero attached hydrogens (tertiary/aromatic N) is 3. The summed E-state index contributed by atoms with van der Waals surface area (Å²) in [5.74, 6) is 0.645. The maximum absolute atomic E-state index is 11.7. The van der Waals surface area contributed by atoms with Crippen molar-refractivity contribution >= 4 is 22.5 Å². The van der Waals surface area contributed by atoms with Crippen LogP contribution in [-0.2, 0) is 6.42 Å². The molecule has 2 saturated heterocycles. The largest absolute Gasteiger partial charge is 0.496 e. The number of hydrogen-bond acceptors (Lipinski definition) is 4. The first-order valence-electron chi connectivity index (χ1n) is 12.7. The number of likely N-dealkylation sites (tertiary alicyclic amines) is 1. The molecule has 0 spiro atoms. The van der Waals surface area contributed by atoms with Gasteiger partial charge in [-0.3, -0.25) is 4.79 Å². The van der Waals surface area contributed by atoms with Gasteiger partial charge in [0, 0.05) is 67.3 Å². The second-order valence-corrected chi connectivity index (χ2v) is 9.69. The Morgan fingerprint density at radius 3 is 2.56 bits per heavy atom. The molecule has 6 heteroatoms. The Hall–Kier alpha value is -2.99. The monoisotopic (exact) mass is 460 g/mol. The zero-order valence-corrected chi connectivity index (χ0v) is 20.2. The van der Waals surface area contributed by atoms with Crippen molar-refractivity contribution in [2.24, 2.45) is 5.73 Å². The zero-order chi connectivity index (χ0) is 23.5. The van der Waals surface area contributed by atoms with Crippen LogP contribution >= 0.6 is 0 Å². The molecule has 2 aliphatic heterocycles. The molecule has 1 aromatic heterocycles. The van der Waals surface area contributed by atoms with Gasteiger partial charge in [0.05, 0.1) is 7.11 Å². The highest BCUT2D eigenvalue weighted by atomic mass is 16.5. The molecule has 6 nitrogen and oxygen atoms in total. The van der Waals surface area contributed by atoms with Gasteiger partial charge in [-0.2, -0.15) is 0 Å². The topological polar surface area (TPSA) is 63.7 Å². The van der Waals surface area contributed by atoms with E-state index in [0.717, 1.165) is 68.6 Å². The fourth-order valence-electron chi connectivity index (χ4n) is 5.74. The molecule has 2 fully saturated rings. The number of hydrogen-bond donors (Lipinski definition) is 1. The van der Waals surface area contributed by atoms with Crippen LogP contribution in [0.25, 0.3) is 10.9 Å². The van der Waals surface area contributed by atoms with Gasteiger partial charge < -0.3 is 24.8 Å². The Kier molecular flexibility index (Phi) is 6.77. The number of carbonyl (C=O) groups is 1. The molecule has 34 heavy (non-hydrogen) atoms. The van der Waals surface area contributed by atoms with Crippen molar-refractivity contribution in [3.63, 3.8) is 0 Å². The van der Waals surface area contributed by atoms with Crippen LogP contribution in [0.3, 0.4) is 0 Å². The van der Waals surface area contributed by atoms with Gasteiger partial charge >= 0.3 is 0 Å². The first kappa shape index (κ1) is 22.8. The number of primary amides is 1. The second kappa shape index (κ2) is 10.1. The van der Waals surface area contributed by atoms with Crippen LogP contribution in [0.2, 0.25) is 0 Å². The number of anilines is 1. The normalized spacial score (nSPS) is 17.9. The van der Waals surface area contributed by atoms with Crippen molar-refractivity contribution in [1.82, 2.24) is 9.47 Å². The second-order valence-electron chi connectivity index (χ2n) is 9.69. The number of ether oxygens (including phenoxy) is 1. The van der Waals surface area contributed by atoms with E-state index in [1.807, 2.05) is 18.2 Å². The van der Waals surface area contributed by atoms with Crippen LogP contribution < -0.4 is 15.4 Å². The maximum atomic E-state index is 11.7. The van der Waals surface area contributed by atoms with Crippen molar-refractivity contribution in [1.29, 1.82) is 0 Å². The minimum Gasteiger partial charge on any atom is -0.496 e. The van der Waals surface area contributed by atoms with Gasteiger partial charge in [0.2, 0.25) is 5.91 Å². The molecule has 0 unspecified atom stereocenters. The maximum Gasteiger partial charge on any atom is 0.248 e. The van der Waals surface area contributed by atoms with E-state index in [0.29, 0.717) is 11.6 Å². The van der Waals surface area contributed by atoms with Gasteiger partial charge in [0.15, 0.2) is 0 Å². The first-order valence-corrected chi connectivity index (χ1v) is 12.7. The molecule has 2 aliphatic rings. The van der Waals surface area contributed by atoms with Crippen molar-refractivity contribution in [3.05, 3.63) is 59.8 Å². The van der Waals surface area contributed by atoms with E-state index in [1.165, 1.54) is 30.5 Å². The molecular formula is C28H36N4O2. The Balaban J connectivity index is 1.24. The predicted octanol–water partition coefficient (Wildman–Crippen LogP) is 4.62. The average molecular weight is 461 g/mol. The molecule has 0 saturated carbocycles. The number of benzene rings is 2. The quantitative estimate of drug-likeness (QED) is 0.559. The number of carbonyl (C=O) groups excluding carboxylic acids is 1. The standard InChI is InChI=1S/C28H36N4O2/c1-34-27-7-5-6-25(31-14-3-2-4-15-31)24(27)13-18-30-16-11-23(12-17-30)32-19-10-21-8-9-22(28(29)33)20-26(21)32/h5-10,19-20,23H,2-4,11-18H2,1H3,(H2,29,33). The summed E-state index contributed by atoms with van der Waals surface area (Å²) in [5, 5.41) is 1.16. The molecule has 0 bridgehead atoms. The highest BCUT2D eigenvalue weighted by molar-refractivity contribution is 5.97. The van der Waals surface area contributed by atoms with Gasteiger partial charge in [-0.15, -0.1) is 0 Å². The molecule has 2 aromatic carbocycles. The lowest BCUT2D eigenvalue weighted by Crippen LogP contribution is -2.36. The molecule has 0 aliphatic carbocycles. The third kappa shape index (κ3) is 4.64. The summed E-state index contributed by atoms with van der Waals surface area (Å²) in [7, 11) is 1.79. The fraction of sp³-hybridized carbons (Fsp3) is 0.464. The van der Waals surface area contributed by atoms with Crippen molar-refractivity contribution in [3.8, 4) is 5.75 Å².